The van der Waals surface area contributed by atoms with Crippen molar-refractivity contribution in [3.63, 3.8) is 0 Å². The Morgan fingerprint density at radius 3 is 2.76 bits per heavy atom. The van der Waals surface area contributed by atoms with E-state index in [-0.39, 0.29) is 0 Å². The molecule has 1 aliphatic carbocycles. The van der Waals surface area contributed by atoms with Crippen molar-refractivity contribution < 1.29 is 13.2 Å². The van der Waals surface area contributed by atoms with Gasteiger partial charge in [-0.2, -0.15) is 13.2 Å². The molecule has 0 atom stereocenters. The Morgan fingerprint density at radius 2 is 2.14 bits per heavy atom. The standard InChI is InChI=1S/C13H22F3N5/c1-2-5-20(10-13(14,15)16)6-7-21-9-12(18-19-21)8-17-11-3-4-11/h9,11,17H,2-8,10H2,1H3. The van der Waals surface area contributed by atoms with Crippen LogP contribution in [0.5, 0.6) is 0 Å². The van der Waals surface area contributed by atoms with Gasteiger partial charge in [-0.15, -0.1) is 5.10 Å². The van der Waals surface area contributed by atoms with Crippen molar-refractivity contribution in [2.75, 3.05) is 19.6 Å². The zero-order chi connectivity index (χ0) is 15.3. The van der Waals surface area contributed by atoms with E-state index in [4.69, 9.17) is 0 Å². The van der Waals surface area contributed by atoms with Crippen LogP contribution in [-0.4, -0.2) is 51.7 Å². The Hall–Kier alpha value is -1.15. The summed E-state index contributed by atoms with van der Waals surface area (Å²) in [7, 11) is 0. The van der Waals surface area contributed by atoms with E-state index in [1.807, 2.05) is 6.92 Å². The molecule has 1 N–H and O–H groups in total. The third kappa shape index (κ3) is 6.43. The summed E-state index contributed by atoms with van der Waals surface area (Å²) >= 11 is 0. The van der Waals surface area contributed by atoms with Gasteiger partial charge < -0.3 is 5.32 Å². The van der Waals surface area contributed by atoms with Crippen LogP contribution >= 0.6 is 0 Å². The van der Waals surface area contributed by atoms with Gasteiger partial charge in [-0.3, -0.25) is 9.58 Å². The highest BCUT2D eigenvalue weighted by atomic mass is 19.4. The van der Waals surface area contributed by atoms with Crippen LogP contribution in [0.15, 0.2) is 6.20 Å². The maximum Gasteiger partial charge on any atom is 0.401 e. The highest BCUT2D eigenvalue weighted by molar-refractivity contribution is 4.94. The van der Waals surface area contributed by atoms with Crippen LogP contribution in [0, 0.1) is 0 Å². The first-order valence-electron chi connectivity index (χ1n) is 7.38. The molecule has 8 heteroatoms. The van der Waals surface area contributed by atoms with Crippen molar-refractivity contribution in [3.05, 3.63) is 11.9 Å². The summed E-state index contributed by atoms with van der Waals surface area (Å²) in [5.41, 5.74) is 0.833. The van der Waals surface area contributed by atoms with Gasteiger partial charge in [0.25, 0.3) is 0 Å². The molecule has 5 nitrogen and oxygen atoms in total. The summed E-state index contributed by atoms with van der Waals surface area (Å²) in [5, 5.41) is 11.3. The first-order chi connectivity index (χ1) is 9.96. The molecule has 0 unspecified atom stereocenters. The van der Waals surface area contributed by atoms with E-state index < -0.39 is 12.7 Å². The summed E-state index contributed by atoms with van der Waals surface area (Å²) in [6, 6.07) is 0.599. The molecule has 0 bridgehead atoms. The second kappa shape index (κ2) is 7.22. The van der Waals surface area contributed by atoms with E-state index in [9.17, 15) is 13.2 Å². The minimum Gasteiger partial charge on any atom is -0.308 e. The van der Waals surface area contributed by atoms with Crippen LogP contribution in [-0.2, 0) is 13.1 Å². The lowest BCUT2D eigenvalue weighted by atomic mass is 10.4. The lowest BCUT2D eigenvalue weighted by molar-refractivity contribution is -0.146. The third-order valence-corrected chi connectivity index (χ3v) is 3.32. The summed E-state index contributed by atoms with van der Waals surface area (Å²) in [4.78, 5) is 1.41. The zero-order valence-electron chi connectivity index (χ0n) is 12.2. The van der Waals surface area contributed by atoms with Crippen LogP contribution < -0.4 is 5.32 Å². The molecular weight excluding hydrogens is 283 g/mol. The fourth-order valence-corrected chi connectivity index (χ4v) is 2.15. The largest absolute Gasteiger partial charge is 0.401 e. The monoisotopic (exact) mass is 305 g/mol. The Bertz CT molecular complexity index is 428. The molecule has 1 saturated carbocycles. The average molecular weight is 305 g/mol. The van der Waals surface area contributed by atoms with Gasteiger partial charge in [0, 0.05) is 25.3 Å². The summed E-state index contributed by atoms with van der Waals surface area (Å²) in [6.07, 6.45) is 0.753. The van der Waals surface area contributed by atoms with Gasteiger partial charge in [0.05, 0.1) is 18.8 Å². The van der Waals surface area contributed by atoms with Crippen molar-refractivity contribution in [2.45, 2.75) is 51.5 Å². The quantitative estimate of drug-likeness (QED) is 0.756. The SMILES string of the molecule is CCCN(CCn1cc(CNC2CC2)nn1)CC(F)(F)F. The maximum atomic E-state index is 12.5. The average Bonchev–Trinajstić information content (AvgIpc) is 3.11. The van der Waals surface area contributed by atoms with E-state index in [1.54, 1.807) is 10.9 Å². The van der Waals surface area contributed by atoms with Gasteiger partial charge in [-0.1, -0.05) is 12.1 Å². The van der Waals surface area contributed by atoms with Crippen LogP contribution in [0.2, 0.25) is 0 Å². The number of nitrogens with zero attached hydrogens (tertiary/aromatic N) is 4. The summed E-state index contributed by atoms with van der Waals surface area (Å²) < 4.78 is 39.0. The fourth-order valence-electron chi connectivity index (χ4n) is 2.15. The van der Waals surface area contributed by atoms with Crippen molar-refractivity contribution in [3.8, 4) is 0 Å². The minimum absolute atomic E-state index is 0.326. The molecule has 1 aromatic heterocycles. The number of nitrogens with one attached hydrogen (secondary N) is 1. The van der Waals surface area contributed by atoms with E-state index in [0.29, 0.717) is 38.6 Å². The molecule has 1 aromatic rings. The van der Waals surface area contributed by atoms with E-state index in [0.717, 1.165) is 5.69 Å². The number of rotatable bonds is 9. The molecule has 0 aliphatic heterocycles. The first-order valence-corrected chi connectivity index (χ1v) is 7.38. The Morgan fingerprint density at radius 1 is 1.38 bits per heavy atom. The van der Waals surface area contributed by atoms with Crippen molar-refractivity contribution in [1.82, 2.24) is 25.2 Å². The van der Waals surface area contributed by atoms with Crippen LogP contribution in [0.1, 0.15) is 31.9 Å². The number of hydrogen-bond acceptors (Lipinski definition) is 4. The zero-order valence-corrected chi connectivity index (χ0v) is 12.2. The normalized spacial score (nSPS) is 15.9. The molecule has 2 rings (SSSR count). The van der Waals surface area contributed by atoms with Crippen LogP contribution in [0.3, 0.4) is 0 Å². The lowest BCUT2D eigenvalue weighted by Crippen LogP contribution is -2.37. The molecule has 0 spiro atoms. The molecular formula is C13H22F3N5. The molecule has 21 heavy (non-hydrogen) atoms. The summed E-state index contributed by atoms with van der Waals surface area (Å²) in [5.74, 6) is 0. The second-order valence-corrected chi connectivity index (χ2v) is 5.52. The van der Waals surface area contributed by atoms with Gasteiger partial charge in [0.15, 0.2) is 0 Å². The number of alkyl halides is 3. The molecule has 0 amide bonds. The summed E-state index contributed by atoms with van der Waals surface area (Å²) in [6.45, 7) is 2.86. The Kier molecular flexibility index (Phi) is 5.58. The van der Waals surface area contributed by atoms with Crippen molar-refractivity contribution >= 4 is 0 Å². The van der Waals surface area contributed by atoms with E-state index >= 15 is 0 Å². The minimum atomic E-state index is -4.16. The number of hydrogen-bond donors (Lipinski definition) is 1. The van der Waals surface area contributed by atoms with Crippen LogP contribution in [0.4, 0.5) is 13.2 Å². The highest BCUT2D eigenvalue weighted by Gasteiger charge is 2.30. The number of halogens is 3. The fraction of sp³-hybridized carbons (Fsp3) is 0.846. The molecule has 120 valence electrons. The van der Waals surface area contributed by atoms with Gasteiger partial charge >= 0.3 is 6.18 Å². The van der Waals surface area contributed by atoms with Gasteiger partial charge in [-0.25, -0.2) is 0 Å². The first kappa shape index (κ1) is 16.2. The molecule has 0 saturated heterocycles. The van der Waals surface area contributed by atoms with E-state index in [2.05, 4.69) is 15.6 Å². The predicted octanol–water partition coefficient (Wildman–Crippen LogP) is 1.80. The Labute approximate surface area is 122 Å². The Balaban J connectivity index is 1.76. The predicted molar refractivity (Wildman–Crippen MR) is 72.7 cm³/mol. The second-order valence-electron chi connectivity index (χ2n) is 5.52. The van der Waals surface area contributed by atoms with E-state index in [1.165, 1.54) is 17.7 Å². The van der Waals surface area contributed by atoms with Crippen LogP contribution in [0.25, 0.3) is 0 Å². The van der Waals surface area contributed by atoms with Crippen molar-refractivity contribution in [1.29, 1.82) is 0 Å². The van der Waals surface area contributed by atoms with Crippen molar-refractivity contribution in [2.24, 2.45) is 0 Å². The van der Waals surface area contributed by atoms with Gasteiger partial charge in [-0.05, 0) is 25.8 Å². The molecule has 1 aliphatic rings. The van der Waals surface area contributed by atoms with Gasteiger partial charge in [0.2, 0.25) is 0 Å². The molecule has 0 aromatic carbocycles. The molecule has 1 heterocycles. The van der Waals surface area contributed by atoms with Gasteiger partial charge in [0.1, 0.15) is 0 Å². The highest BCUT2D eigenvalue weighted by Crippen LogP contribution is 2.19. The number of aromatic nitrogens is 3. The molecule has 1 fully saturated rings. The topological polar surface area (TPSA) is 46.0 Å². The third-order valence-electron chi connectivity index (χ3n) is 3.32. The maximum absolute atomic E-state index is 12.5. The smallest absolute Gasteiger partial charge is 0.308 e. The lowest BCUT2D eigenvalue weighted by Gasteiger charge is -2.22. The molecule has 0 radical (unpaired) electrons.